The Morgan fingerprint density at radius 1 is 0.604 bits per heavy atom. The van der Waals surface area contributed by atoms with E-state index in [0.29, 0.717) is 5.92 Å². The van der Waals surface area contributed by atoms with Gasteiger partial charge in [-0.3, -0.25) is 9.97 Å². The number of aromatic nitrogens is 2. The number of rotatable bonds is 2. The molecule has 0 unspecified atom stereocenters. The van der Waals surface area contributed by atoms with E-state index in [1.807, 2.05) is 48.8 Å². The van der Waals surface area contributed by atoms with Crippen molar-refractivity contribution < 1.29 is 20.1 Å². The molecule has 239 valence electrons. The van der Waals surface area contributed by atoms with Gasteiger partial charge in [0.15, 0.2) is 0 Å². The first-order chi connectivity index (χ1) is 22.4. The van der Waals surface area contributed by atoms with Crippen LogP contribution >= 0.6 is 0 Å². The maximum absolute atomic E-state index is 4.95. The summed E-state index contributed by atoms with van der Waals surface area (Å²) in [5.41, 5.74) is 5.89. The fourth-order valence-electron chi connectivity index (χ4n) is 7.10. The van der Waals surface area contributed by atoms with Crippen molar-refractivity contribution >= 4 is 61.5 Å². The molecule has 0 aliphatic carbocycles. The second kappa shape index (κ2) is 13.2. The Labute approximate surface area is 298 Å². The van der Waals surface area contributed by atoms with Gasteiger partial charge in [0, 0.05) is 43.8 Å². The van der Waals surface area contributed by atoms with Crippen LogP contribution in [0.5, 0.6) is 0 Å². The summed E-state index contributed by atoms with van der Waals surface area (Å²) in [6, 6.07) is 47.2. The summed E-state index contributed by atoms with van der Waals surface area (Å²) < 4.78 is 0. The van der Waals surface area contributed by atoms with Gasteiger partial charge in [-0.2, -0.15) is 0 Å². The minimum atomic E-state index is -1.99. The van der Waals surface area contributed by atoms with Crippen LogP contribution in [0, 0.1) is 13.5 Å². The number of benzene rings is 6. The van der Waals surface area contributed by atoms with Crippen molar-refractivity contribution in [3.05, 3.63) is 153 Å². The smallest absolute Gasteiger partial charge is 0.0743 e. The van der Waals surface area contributed by atoms with Crippen molar-refractivity contribution in [1.29, 1.82) is 0 Å². The molecular weight excluding hydrogens is 777 g/mol. The van der Waals surface area contributed by atoms with Gasteiger partial charge in [0.25, 0.3) is 0 Å². The number of hydrogen-bond donors (Lipinski definition) is 0. The molecule has 48 heavy (non-hydrogen) atoms. The van der Waals surface area contributed by atoms with Crippen LogP contribution < -0.4 is 10.4 Å². The quantitative estimate of drug-likeness (QED) is 0.0987. The van der Waals surface area contributed by atoms with Crippen LogP contribution in [0.25, 0.3) is 65.6 Å². The van der Waals surface area contributed by atoms with E-state index in [1.165, 1.54) is 64.6 Å². The average molecular weight is 815 g/mol. The van der Waals surface area contributed by atoms with Gasteiger partial charge in [-0.25, -0.2) is 0 Å². The average Bonchev–Trinajstić information content (AvgIpc) is 3.10. The van der Waals surface area contributed by atoms with E-state index < -0.39 is 8.07 Å². The summed E-state index contributed by atoms with van der Waals surface area (Å²) >= 11 is 0. The molecule has 0 bridgehead atoms. The van der Waals surface area contributed by atoms with Crippen molar-refractivity contribution in [3.63, 3.8) is 0 Å². The van der Waals surface area contributed by atoms with Crippen LogP contribution in [0.3, 0.4) is 0 Å². The Morgan fingerprint density at radius 3 is 2.12 bits per heavy atom. The first kappa shape index (κ1) is 33.4. The third-order valence-corrected chi connectivity index (χ3v) is 13.1. The Kier molecular flexibility index (Phi) is 9.20. The normalized spacial score (nSPS) is 12.6. The summed E-state index contributed by atoms with van der Waals surface area (Å²) in [7, 11) is -1.99. The second-order valence-electron chi connectivity index (χ2n) is 13.2. The first-order valence-electron chi connectivity index (χ1n) is 16.1. The largest absolute Gasteiger partial charge is 0.358 e. The fourth-order valence-corrected chi connectivity index (χ4v) is 10.1. The van der Waals surface area contributed by atoms with Gasteiger partial charge in [0.2, 0.25) is 0 Å². The van der Waals surface area contributed by atoms with Crippen LogP contribution in [0.1, 0.15) is 25.3 Å². The maximum atomic E-state index is 4.95. The van der Waals surface area contributed by atoms with Gasteiger partial charge in [-0.1, -0.05) is 134 Å². The first-order valence-corrected chi connectivity index (χ1v) is 19.1. The van der Waals surface area contributed by atoms with Crippen molar-refractivity contribution in [2.75, 3.05) is 0 Å². The zero-order chi connectivity index (χ0) is 31.4. The Morgan fingerprint density at radius 2 is 1.35 bits per heavy atom. The molecule has 0 fully saturated rings. The van der Waals surface area contributed by atoms with E-state index >= 15 is 0 Å². The molecule has 8 aromatic rings. The predicted octanol–water partition coefficient (Wildman–Crippen LogP) is 10.6. The van der Waals surface area contributed by atoms with E-state index in [-0.39, 0.29) is 27.5 Å². The molecule has 0 amide bonds. The van der Waals surface area contributed by atoms with Crippen LogP contribution in [0.4, 0.5) is 0 Å². The van der Waals surface area contributed by atoms with E-state index in [9.17, 15) is 0 Å². The number of hydrogen-bond acceptors (Lipinski definition) is 2. The number of pyridine rings is 2. The molecule has 0 saturated carbocycles. The minimum absolute atomic E-state index is 0. The van der Waals surface area contributed by atoms with Crippen molar-refractivity contribution in [1.82, 2.24) is 9.97 Å². The van der Waals surface area contributed by atoms with Crippen LogP contribution in [0.15, 0.2) is 134 Å². The van der Waals surface area contributed by atoms with Gasteiger partial charge in [-0.15, -0.1) is 28.8 Å². The molecule has 2 aromatic heterocycles. The molecule has 1 aliphatic rings. The number of nitrogens with zero attached hydrogens (tertiary/aromatic N) is 2. The van der Waals surface area contributed by atoms with Crippen LogP contribution in [-0.2, 0) is 20.1 Å². The van der Waals surface area contributed by atoms with Gasteiger partial charge >= 0.3 is 0 Å². The summed E-state index contributed by atoms with van der Waals surface area (Å²) in [5, 5.41) is 13.4. The van der Waals surface area contributed by atoms with E-state index in [1.54, 1.807) is 0 Å². The molecule has 0 saturated heterocycles. The minimum Gasteiger partial charge on any atom is -0.358 e. The van der Waals surface area contributed by atoms with E-state index in [0.717, 1.165) is 17.0 Å². The van der Waals surface area contributed by atoms with Gasteiger partial charge in [0.05, 0.1) is 13.8 Å². The molecule has 1 aliphatic heterocycles. The monoisotopic (exact) mass is 815 g/mol. The molecule has 4 heteroatoms. The molecule has 6 aromatic carbocycles. The van der Waals surface area contributed by atoms with Crippen LogP contribution in [-0.4, -0.2) is 18.0 Å². The summed E-state index contributed by atoms with van der Waals surface area (Å²) in [6.45, 7) is 9.54. The van der Waals surface area contributed by atoms with Gasteiger partial charge < -0.3 is 7.43 Å². The predicted molar refractivity (Wildman–Crippen MR) is 205 cm³/mol. The van der Waals surface area contributed by atoms with E-state index in [2.05, 4.69) is 123 Å². The molecule has 0 atom stereocenters. The fraction of sp³-hybridized carbons (Fsp3) is 0.114. The Hall–Kier alpha value is -4.47. The van der Waals surface area contributed by atoms with E-state index in [4.69, 9.17) is 4.98 Å². The molecule has 2 nitrogen and oxygen atoms in total. The molecule has 0 N–H and O–H groups in total. The van der Waals surface area contributed by atoms with Crippen LogP contribution in [0.2, 0.25) is 13.1 Å². The molecule has 0 spiro atoms. The molecular formula is C44H38IrN2Si-2. The molecule has 1 radical (unpaired) electrons. The zero-order valence-corrected chi connectivity index (χ0v) is 31.4. The second-order valence-corrected chi connectivity index (χ2v) is 17.5. The van der Waals surface area contributed by atoms with Crippen molar-refractivity contribution in [3.8, 4) is 22.5 Å². The molecule has 9 rings (SSSR count). The number of fused-ring (bicyclic) bond motifs is 7. The molecule has 3 heterocycles. The summed E-state index contributed by atoms with van der Waals surface area (Å²) in [6.07, 6.45) is 3.80. The Balaban J connectivity index is 0.000000244. The summed E-state index contributed by atoms with van der Waals surface area (Å²) in [4.78, 5) is 9.20. The van der Waals surface area contributed by atoms with Crippen molar-refractivity contribution in [2.24, 2.45) is 0 Å². The van der Waals surface area contributed by atoms with Crippen molar-refractivity contribution in [2.45, 2.75) is 32.9 Å². The topological polar surface area (TPSA) is 25.8 Å². The zero-order valence-electron chi connectivity index (χ0n) is 28.0. The van der Waals surface area contributed by atoms with Gasteiger partial charge in [0.1, 0.15) is 0 Å². The standard InChI is InChI=1S/C32H26NSi.C11H9N.CH3.Ir/c1-19(2)21-10-9-20-11-12-24-25-13-14-33-32-28-16-22-7-5-6-8-23(22)17-29(28)34(3,4)30(31(25)32)18-27(24)26(20)15-21;1-2-6-10(7-3-1)11-8-4-5-9-12-11;;/h5-15,17-19H,1-4H3;1-9H;1H3;/q-1;;-1;. The third kappa shape index (κ3) is 5.58. The maximum Gasteiger partial charge on any atom is 0.0743 e. The SMILES string of the molecule is CC(C)c1ccc2ccc3c4ccnc5c4c(cc3c2c1)[Si](C)(C)c1cc2ccccc2[c-]c1-5.[CH3-].[Ir].c1ccc(-c2ccccn2)cc1. The van der Waals surface area contributed by atoms with Gasteiger partial charge in [-0.05, 0) is 62.0 Å². The third-order valence-electron chi connectivity index (χ3n) is 9.66. The summed E-state index contributed by atoms with van der Waals surface area (Å²) in [5.74, 6) is 0.510. The Bertz CT molecular complexity index is 2380.